The van der Waals surface area contributed by atoms with Gasteiger partial charge in [-0.3, -0.25) is 0 Å². The lowest BCUT2D eigenvalue weighted by atomic mass is 9.82. The Hall–Kier alpha value is -3.91. The van der Waals surface area contributed by atoms with Crippen LogP contribution in [0.25, 0.3) is 54.3 Å². The minimum Gasteiger partial charge on any atom is -0.427 e. The van der Waals surface area contributed by atoms with E-state index in [0.717, 1.165) is 32.2 Å². The highest BCUT2D eigenvalue weighted by molar-refractivity contribution is 7.25. The van der Waals surface area contributed by atoms with Crippen LogP contribution in [-0.4, -0.2) is 38.7 Å². The molecule has 5 nitrogen and oxygen atoms in total. The third-order valence-electron chi connectivity index (χ3n) is 7.42. The molecule has 0 bridgehead atoms. The Morgan fingerprint density at radius 1 is 0.625 bits per heavy atom. The quantitative estimate of drug-likeness (QED) is 0.219. The van der Waals surface area contributed by atoms with Gasteiger partial charge in [0, 0.05) is 31.5 Å². The second-order valence-electron chi connectivity index (χ2n) is 10.9. The molecule has 7 heteroatoms. The molecule has 0 amide bonds. The first-order chi connectivity index (χ1) is 19.2. The number of thiophene rings is 1. The molecule has 0 saturated heterocycles. The zero-order chi connectivity index (χ0) is 27.9. The van der Waals surface area contributed by atoms with Crippen LogP contribution in [-0.2, 0) is 4.65 Å². The van der Waals surface area contributed by atoms with Gasteiger partial charge in [0.2, 0.25) is 0 Å². The van der Waals surface area contributed by atoms with E-state index in [-0.39, 0.29) is 0 Å². The van der Waals surface area contributed by atoms with Crippen LogP contribution in [0.15, 0.2) is 97.1 Å². The Balaban J connectivity index is 1.39. The van der Waals surface area contributed by atoms with Crippen molar-refractivity contribution in [2.45, 2.75) is 38.9 Å². The highest BCUT2D eigenvalue weighted by Gasteiger charge is 2.35. The highest BCUT2D eigenvalue weighted by atomic mass is 32.1. The second kappa shape index (κ2) is 10.2. The number of hydrogen-bond acceptors (Lipinski definition) is 6. The monoisotopic (exact) mass is 542 g/mol. The Kier molecular flexibility index (Phi) is 6.74. The Labute approximate surface area is 238 Å². The summed E-state index contributed by atoms with van der Waals surface area (Å²) in [5.74, 6) is 1.94. The fraction of sp³-hybridized carbons (Fsp3) is 0.182. The van der Waals surface area contributed by atoms with Gasteiger partial charge in [0.25, 0.3) is 0 Å². The van der Waals surface area contributed by atoms with Crippen LogP contribution in [0, 0.1) is 0 Å². The van der Waals surface area contributed by atoms with E-state index in [1.807, 2.05) is 80.6 Å². The molecule has 1 N–H and O–H groups in total. The van der Waals surface area contributed by atoms with Crippen LogP contribution >= 0.6 is 11.3 Å². The minimum atomic E-state index is -0.977. The molecule has 0 aliphatic heterocycles. The molecule has 0 unspecified atom stereocenters. The lowest BCUT2D eigenvalue weighted by molar-refractivity contribution is -0.0893. The van der Waals surface area contributed by atoms with Crippen molar-refractivity contribution in [1.82, 2.24) is 15.0 Å². The van der Waals surface area contributed by atoms with Gasteiger partial charge in [-0.05, 0) is 45.2 Å². The fourth-order valence-electron chi connectivity index (χ4n) is 4.30. The second-order valence-corrected chi connectivity index (χ2v) is 12.0. The summed E-state index contributed by atoms with van der Waals surface area (Å²) in [5, 5.41) is 12.8. The minimum absolute atomic E-state index is 0.642. The molecule has 2 heterocycles. The summed E-state index contributed by atoms with van der Waals surface area (Å²) in [6.07, 6.45) is 0. The molecule has 6 aromatic rings. The van der Waals surface area contributed by atoms with Crippen molar-refractivity contribution < 1.29 is 9.76 Å². The van der Waals surface area contributed by atoms with Crippen molar-refractivity contribution in [2.24, 2.45) is 0 Å². The number of nitrogens with zero attached hydrogens (tertiary/aromatic N) is 3. The zero-order valence-electron chi connectivity index (χ0n) is 22.9. The maximum absolute atomic E-state index is 10.4. The molecular formula is C33H29BN3O2S. The fourth-order valence-corrected chi connectivity index (χ4v) is 5.43. The molecule has 1 radical (unpaired) electrons. The molecule has 40 heavy (non-hydrogen) atoms. The van der Waals surface area contributed by atoms with E-state index in [9.17, 15) is 5.11 Å². The summed E-state index contributed by atoms with van der Waals surface area (Å²) < 4.78 is 8.34. The van der Waals surface area contributed by atoms with Gasteiger partial charge >= 0.3 is 7.48 Å². The Morgan fingerprint density at radius 2 is 1.20 bits per heavy atom. The first-order valence-corrected chi connectivity index (χ1v) is 14.1. The van der Waals surface area contributed by atoms with E-state index in [2.05, 4.69) is 30.3 Å². The van der Waals surface area contributed by atoms with E-state index in [0.29, 0.717) is 17.5 Å². The third kappa shape index (κ3) is 5.16. The topological polar surface area (TPSA) is 68.1 Å². The van der Waals surface area contributed by atoms with Crippen molar-refractivity contribution in [1.29, 1.82) is 0 Å². The van der Waals surface area contributed by atoms with Crippen LogP contribution in [0.3, 0.4) is 0 Å². The van der Waals surface area contributed by atoms with Crippen LogP contribution < -0.4 is 5.46 Å². The SMILES string of the molecule is CC(C)(O)C(C)(C)O[B]c1ccc2sc3cc(-c4nc(-c5ccccc5)nc(-c5ccccc5)n4)ccc3c2c1. The number of rotatable bonds is 7. The summed E-state index contributed by atoms with van der Waals surface area (Å²) in [6.45, 7) is 7.28. The molecule has 0 fully saturated rings. The smallest absolute Gasteiger partial charge is 0.330 e. The van der Waals surface area contributed by atoms with E-state index in [1.165, 1.54) is 10.1 Å². The molecule has 0 aliphatic carbocycles. The van der Waals surface area contributed by atoms with Crippen LogP contribution in [0.1, 0.15) is 27.7 Å². The normalized spacial score (nSPS) is 12.2. The van der Waals surface area contributed by atoms with Gasteiger partial charge in [-0.25, -0.2) is 15.0 Å². The first kappa shape index (κ1) is 26.3. The van der Waals surface area contributed by atoms with E-state index in [1.54, 1.807) is 32.7 Å². The van der Waals surface area contributed by atoms with Crippen molar-refractivity contribution in [3.63, 3.8) is 0 Å². The lowest BCUT2D eigenvalue weighted by Gasteiger charge is -2.37. The van der Waals surface area contributed by atoms with Gasteiger partial charge in [-0.2, -0.15) is 0 Å². The molecule has 0 spiro atoms. The van der Waals surface area contributed by atoms with Crippen LogP contribution in [0.4, 0.5) is 0 Å². The summed E-state index contributed by atoms with van der Waals surface area (Å²) >= 11 is 1.74. The summed E-state index contributed by atoms with van der Waals surface area (Å²) in [6, 6.07) is 32.7. The van der Waals surface area contributed by atoms with Crippen molar-refractivity contribution in [3.05, 3.63) is 97.1 Å². The van der Waals surface area contributed by atoms with E-state index in [4.69, 9.17) is 19.6 Å². The van der Waals surface area contributed by atoms with Gasteiger partial charge < -0.3 is 9.76 Å². The molecule has 0 atom stereocenters. The number of aliphatic hydroxyl groups is 1. The van der Waals surface area contributed by atoms with Crippen LogP contribution in [0.5, 0.6) is 0 Å². The van der Waals surface area contributed by atoms with Crippen molar-refractivity contribution >= 4 is 44.5 Å². The summed E-state index contributed by atoms with van der Waals surface area (Å²) in [7, 11) is 1.73. The summed E-state index contributed by atoms with van der Waals surface area (Å²) in [4.78, 5) is 14.6. The molecule has 0 aliphatic rings. The largest absolute Gasteiger partial charge is 0.427 e. The molecule has 6 rings (SSSR count). The van der Waals surface area contributed by atoms with Gasteiger partial charge in [-0.15, -0.1) is 11.3 Å². The number of benzene rings is 4. The molecule has 4 aromatic carbocycles. The maximum Gasteiger partial charge on any atom is 0.330 e. The van der Waals surface area contributed by atoms with Gasteiger partial charge in [0.05, 0.1) is 11.2 Å². The van der Waals surface area contributed by atoms with Crippen molar-refractivity contribution in [3.8, 4) is 34.2 Å². The molecular weight excluding hydrogens is 513 g/mol. The highest BCUT2D eigenvalue weighted by Crippen LogP contribution is 2.36. The molecule has 0 saturated carbocycles. The Bertz CT molecular complexity index is 1760. The van der Waals surface area contributed by atoms with Gasteiger partial charge in [0.1, 0.15) is 0 Å². The van der Waals surface area contributed by atoms with Crippen molar-refractivity contribution in [2.75, 3.05) is 0 Å². The van der Waals surface area contributed by atoms with Crippen LogP contribution in [0.2, 0.25) is 0 Å². The van der Waals surface area contributed by atoms with Gasteiger partial charge in [0.15, 0.2) is 17.5 Å². The number of hydrogen-bond donors (Lipinski definition) is 1. The third-order valence-corrected chi connectivity index (χ3v) is 8.55. The molecule has 197 valence electrons. The Morgan fingerprint density at radius 3 is 1.77 bits per heavy atom. The van der Waals surface area contributed by atoms with Gasteiger partial charge in [-0.1, -0.05) is 90.4 Å². The zero-order valence-corrected chi connectivity index (χ0v) is 23.7. The average Bonchev–Trinajstić information content (AvgIpc) is 3.33. The van der Waals surface area contributed by atoms with E-state index >= 15 is 0 Å². The first-order valence-electron chi connectivity index (χ1n) is 13.2. The predicted octanol–water partition coefficient (Wildman–Crippen LogP) is 7.05. The predicted molar refractivity (Wildman–Crippen MR) is 166 cm³/mol. The summed E-state index contributed by atoms with van der Waals surface area (Å²) in [5.41, 5.74) is 2.09. The lowest BCUT2D eigenvalue weighted by Crippen LogP contribution is -2.49. The number of aromatic nitrogens is 3. The standard InChI is InChI=1S/C33H29BN3O2S/c1-32(2,38)33(3,4)39-34-24-16-18-27-26(20-24)25-17-15-23(19-28(25)40-27)31-36-29(21-11-7-5-8-12-21)35-30(37-31)22-13-9-6-10-14-22/h5-20,38H,1-4H3. The maximum atomic E-state index is 10.4. The number of fused-ring (bicyclic) bond motifs is 3. The van der Waals surface area contributed by atoms with E-state index < -0.39 is 11.2 Å². The molecule has 2 aromatic heterocycles. The average molecular weight is 542 g/mol.